The molecule has 0 aromatic heterocycles. The van der Waals surface area contributed by atoms with E-state index in [1.165, 1.54) is 0 Å². The van der Waals surface area contributed by atoms with Gasteiger partial charge < -0.3 is 0 Å². The summed E-state index contributed by atoms with van der Waals surface area (Å²) in [6.07, 6.45) is -9.00. The SMILES string of the molecule is Fc1cc(CCl)cc(C(F)(F)F)c1.Fc1ccc(C(F)(F)F)c(CCl)c1. The Balaban J connectivity index is 0.000000260. The Hall–Kier alpha value is -1.54. The van der Waals surface area contributed by atoms with Crippen LogP contribution in [0.2, 0.25) is 0 Å². The van der Waals surface area contributed by atoms with Crippen molar-refractivity contribution in [1.82, 2.24) is 0 Å². The summed E-state index contributed by atoms with van der Waals surface area (Å²) in [5, 5.41) is 0. The predicted molar refractivity (Wildman–Crippen MR) is 81.9 cm³/mol. The highest BCUT2D eigenvalue weighted by Gasteiger charge is 2.33. The van der Waals surface area contributed by atoms with Crippen LogP contribution in [0, 0.1) is 11.6 Å². The Kier molecular flexibility index (Phi) is 7.70. The third-order valence-electron chi connectivity index (χ3n) is 2.96. The van der Waals surface area contributed by atoms with Crippen molar-refractivity contribution < 1.29 is 35.1 Å². The standard InChI is InChI=1S/2C8H5ClF4/c9-4-5-1-6(8(11,12)13)3-7(10)2-5;9-4-5-3-6(10)1-2-7(5)8(11,12)13/h2*1-3H,4H2. The van der Waals surface area contributed by atoms with Gasteiger partial charge in [-0.05, 0) is 47.5 Å². The maximum Gasteiger partial charge on any atom is 0.416 e. The van der Waals surface area contributed by atoms with Crippen LogP contribution < -0.4 is 0 Å². The number of alkyl halides is 8. The number of hydrogen-bond donors (Lipinski definition) is 0. The first kappa shape index (κ1) is 22.5. The second-order valence-corrected chi connectivity index (χ2v) is 5.45. The highest BCUT2D eigenvalue weighted by atomic mass is 35.5. The van der Waals surface area contributed by atoms with Crippen molar-refractivity contribution in [3.8, 4) is 0 Å². The number of benzene rings is 2. The van der Waals surface area contributed by atoms with Gasteiger partial charge in [-0.2, -0.15) is 26.3 Å². The van der Waals surface area contributed by atoms with Crippen molar-refractivity contribution in [2.45, 2.75) is 24.1 Å². The van der Waals surface area contributed by atoms with E-state index >= 15 is 0 Å². The van der Waals surface area contributed by atoms with Crippen LogP contribution in [0.5, 0.6) is 0 Å². The topological polar surface area (TPSA) is 0 Å². The predicted octanol–water partition coefficient (Wildman–Crippen LogP) is 7.17. The minimum atomic E-state index is -4.52. The van der Waals surface area contributed by atoms with Gasteiger partial charge in [0.25, 0.3) is 0 Å². The number of rotatable bonds is 2. The Bertz CT molecular complexity index is 738. The average Bonchev–Trinajstić information content (AvgIpc) is 2.52. The quantitative estimate of drug-likeness (QED) is 0.354. The first-order valence-electron chi connectivity index (χ1n) is 6.72. The lowest BCUT2D eigenvalue weighted by atomic mass is 10.1. The van der Waals surface area contributed by atoms with Gasteiger partial charge in [-0.3, -0.25) is 0 Å². The van der Waals surface area contributed by atoms with Crippen molar-refractivity contribution in [2.24, 2.45) is 0 Å². The van der Waals surface area contributed by atoms with E-state index in [4.69, 9.17) is 23.2 Å². The second-order valence-electron chi connectivity index (χ2n) is 4.91. The van der Waals surface area contributed by atoms with Crippen LogP contribution in [-0.2, 0) is 24.1 Å². The van der Waals surface area contributed by atoms with Gasteiger partial charge in [-0.15, -0.1) is 23.2 Å². The molecule has 0 amide bonds. The minimum absolute atomic E-state index is 0.119. The minimum Gasteiger partial charge on any atom is -0.207 e. The van der Waals surface area contributed by atoms with Crippen molar-refractivity contribution in [3.63, 3.8) is 0 Å². The summed E-state index contributed by atoms with van der Waals surface area (Å²) in [6.45, 7) is 0. The van der Waals surface area contributed by atoms with Gasteiger partial charge in [-0.25, -0.2) is 8.78 Å². The lowest BCUT2D eigenvalue weighted by Gasteiger charge is -2.10. The molecule has 2 aromatic carbocycles. The van der Waals surface area contributed by atoms with Crippen molar-refractivity contribution in [1.29, 1.82) is 0 Å². The fourth-order valence-corrected chi connectivity index (χ4v) is 2.22. The lowest BCUT2D eigenvalue weighted by molar-refractivity contribution is -0.138. The highest BCUT2D eigenvalue weighted by Crippen LogP contribution is 2.33. The van der Waals surface area contributed by atoms with Crippen LogP contribution in [0.1, 0.15) is 22.3 Å². The van der Waals surface area contributed by atoms with Crippen molar-refractivity contribution in [2.75, 3.05) is 0 Å². The van der Waals surface area contributed by atoms with E-state index in [0.29, 0.717) is 12.1 Å². The molecular weight excluding hydrogens is 415 g/mol. The Morgan fingerprint density at radius 3 is 1.77 bits per heavy atom. The van der Waals surface area contributed by atoms with Gasteiger partial charge in [0.15, 0.2) is 0 Å². The summed E-state index contributed by atoms with van der Waals surface area (Å²) in [5.74, 6) is -2.14. The van der Waals surface area contributed by atoms with E-state index in [1.807, 2.05) is 0 Å². The van der Waals surface area contributed by atoms with Crippen molar-refractivity contribution in [3.05, 3.63) is 70.3 Å². The molecule has 0 saturated heterocycles. The second kappa shape index (κ2) is 8.90. The molecule has 2 rings (SSSR count). The van der Waals surface area contributed by atoms with Crippen LogP contribution in [0.25, 0.3) is 0 Å². The molecular formula is C16H10Cl2F8. The highest BCUT2D eigenvalue weighted by molar-refractivity contribution is 6.17. The summed E-state index contributed by atoms with van der Waals surface area (Å²) < 4.78 is 97.9. The molecule has 0 aliphatic heterocycles. The van der Waals surface area contributed by atoms with Crippen LogP contribution in [-0.4, -0.2) is 0 Å². The third kappa shape index (κ3) is 6.64. The monoisotopic (exact) mass is 424 g/mol. The summed E-state index contributed by atoms with van der Waals surface area (Å²) in [5.41, 5.74) is -2.02. The molecule has 144 valence electrons. The normalized spacial score (nSPS) is 11.8. The molecule has 0 aliphatic carbocycles. The molecule has 0 bridgehead atoms. The zero-order valence-electron chi connectivity index (χ0n) is 12.7. The Morgan fingerprint density at radius 2 is 1.31 bits per heavy atom. The maximum absolute atomic E-state index is 12.6. The smallest absolute Gasteiger partial charge is 0.207 e. The molecule has 0 spiro atoms. The summed E-state index contributed by atoms with van der Waals surface area (Å²) in [4.78, 5) is 0. The van der Waals surface area contributed by atoms with Gasteiger partial charge >= 0.3 is 12.4 Å². The molecule has 0 fully saturated rings. The number of hydrogen-bond acceptors (Lipinski definition) is 0. The fourth-order valence-electron chi connectivity index (χ4n) is 1.84. The van der Waals surface area contributed by atoms with Gasteiger partial charge in [0.2, 0.25) is 0 Å². The molecule has 0 saturated carbocycles. The summed E-state index contributed by atoms with van der Waals surface area (Å²) >= 11 is 10.5. The van der Waals surface area contributed by atoms with E-state index in [2.05, 4.69) is 0 Å². The first-order chi connectivity index (χ1) is 11.9. The van der Waals surface area contributed by atoms with Gasteiger partial charge in [0, 0.05) is 11.8 Å². The zero-order valence-corrected chi connectivity index (χ0v) is 14.2. The fraction of sp³-hybridized carbons (Fsp3) is 0.250. The van der Waals surface area contributed by atoms with Crippen LogP contribution in [0.4, 0.5) is 35.1 Å². The van der Waals surface area contributed by atoms with Crippen LogP contribution in [0.15, 0.2) is 36.4 Å². The van der Waals surface area contributed by atoms with E-state index in [-0.39, 0.29) is 22.9 Å². The van der Waals surface area contributed by atoms with Crippen LogP contribution >= 0.6 is 23.2 Å². The van der Waals surface area contributed by atoms with E-state index in [0.717, 1.165) is 24.3 Å². The Labute approximate surface area is 153 Å². The molecule has 0 radical (unpaired) electrons. The average molecular weight is 425 g/mol. The van der Waals surface area contributed by atoms with Gasteiger partial charge in [0.1, 0.15) is 11.6 Å². The van der Waals surface area contributed by atoms with E-state index in [1.54, 1.807) is 0 Å². The molecule has 0 atom stereocenters. The van der Waals surface area contributed by atoms with Crippen molar-refractivity contribution >= 4 is 23.2 Å². The largest absolute Gasteiger partial charge is 0.416 e. The number of halogens is 10. The molecule has 0 unspecified atom stereocenters. The maximum atomic E-state index is 12.6. The molecule has 0 N–H and O–H groups in total. The molecule has 10 heteroatoms. The zero-order chi connectivity index (χ0) is 20.1. The molecule has 26 heavy (non-hydrogen) atoms. The lowest BCUT2D eigenvalue weighted by Crippen LogP contribution is -2.08. The summed E-state index contributed by atoms with van der Waals surface area (Å²) in [7, 11) is 0. The summed E-state index contributed by atoms with van der Waals surface area (Å²) in [6, 6.07) is 4.48. The van der Waals surface area contributed by atoms with Gasteiger partial charge in [0.05, 0.1) is 11.1 Å². The molecule has 0 aliphatic rings. The van der Waals surface area contributed by atoms with Crippen LogP contribution in [0.3, 0.4) is 0 Å². The van der Waals surface area contributed by atoms with Gasteiger partial charge in [-0.1, -0.05) is 0 Å². The van der Waals surface area contributed by atoms with E-state index < -0.39 is 35.1 Å². The Morgan fingerprint density at radius 1 is 0.692 bits per heavy atom. The first-order valence-corrected chi connectivity index (χ1v) is 7.79. The molecule has 0 heterocycles. The molecule has 0 nitrogen and oxygen atoms in total. The molecule has 2 aromatic rings. The third-order valence-corrected chi connectivity index (χ3v) is 3.55. The van der Waals surface area contributed by atoms with E-state index in [9.17, 15) is 35.1 Å².